The van der Waals surface area contributed by atoms with E-state index in [1.165, 1.54) is 32.1 Å². The van der Waals surface area contributed by atoms with Crippen molar-refractivity contribution in [1.29, 1.82) is 0 Å². The molecule has 1 saturated heterocycles. The van der Waals surface area contributed by atoms with Crippen molar-refractivity contribution in [2.24, 2.45) is 0 Å². The van der Waals surface area contributed by atoms with Crippen molar-refractivity contribution in [2.45, 2.75) is 63.8 Å². The number of carbonyl (C=O) groups is 1. The molecule has 3 rings (SSSR count). The first-order chi connectivity index (χ1) is 10.7. The Kier molecular flexibility index (Phi) is 5.08. The molecule has 2 aliphatic rings. The zero-order valence-electron chi connectivity index (χ0n) is 13.4. The van der Waals surface area contributed by atoms with E-state index in [0.29, 0.717) is 18.4 Å². The Labute approximate surface area is 131 Å². The van der Waals surface area contributed by atoms with Gasteiger partial charge in [0.05, 0.1) is 6.54 Å². The summed E-state index contributed by atoms with van der Waals surface area (Å²) in [7, 11) is 0. The summed E-state index contributed by atoms with van der Waals surface area (Å²) >= 11 is 0. The van der Waals surface area contributed by atoms with Crippen molar-refractivity contribution >= 4 is 5.91 Å². The van der Waals surface area contributed by atoms with Crippen LogP contribution in [0.25, 0.3) is 0 Å². The fourth-order valence-corrected chi connectivity index (χ4v) is 2.95. The van der Waals surface area contributed by atoms with Gasteiger partial charge < -0.3 is 9.84 Å². The lowest BCUT2D eigenvalue weighted by molar-refractivity contribution is -0.123. The zero-order valence-corrected chi connectivity index (χ0v) is 13.4. The van der Waals surface area contributed by atoms with Gasteiger partial charge in [-0.3, -0.25) is 9.69 Å². The molecule has 0 spiro atoms. The molecule has 2 fully saturated rings. The Balaban J connectivity index is 1.47. The van der Waals surface area contributed by atoms with Crippen LogP contribution in [0.3, 0.4) is 0 Å². The van der Waals surface area contributed by atoms with E-state index < -0.39 is 0 Å². The summed E-state index contributed by atoms with van der Waals surface area (Å²) in [6.07, 6.45) is 8.57. The molecule has 1 aliphatic heterocycles. The van der Waals surface area contributed by atoms with Crippen molar-refractivity contribution in [3.63, 3.8) is 0 Å². The predicted molar refractivity (Wildman–Crippen MR) is 82.4 cm³/mol. The van der Waals surface area contributed by atoms with Crippen molar-refractivity contribution < 1.29 is 9.32 Å². The average molecular weight is 306 g/mol. The summed E-state index contributed by atoms with van der Waals surface area (Å²) in [5, 5.41) is 6.97. The van der Waals surface area contributed by atoms with Gasteiger partial charge in [-0.1, -0.05) is 24.4 Å². The predicted octanol–water partition coefficient (Wildman–Crippen LogP) is 2.39. The lowest BCUT2D eigenvalue weighted by Gasteiger charge is -2.24. The van der Waals surface area contributed by atoms with Crippen LogP contribution in [0.2, 0.25) is 0 Å². The molecule has 2 heterocycles. The van der Waals surface area contributed by atoms with Gasteiger partial charge in [0.25, 0.3) is 0 Å². The van der Waals surface area contributed by atoms with Gasteiger partial charge in [-0.15, -0.1) is 0 Å². The first kappa shape index (κ1) is 15.5. The van der Waals surface area contributed by atoms with E-state index in [0.717, 1.165) is 31.8 Å². The van der Waals surface area contributed by atoms with Gasteiger partial charge in [-0.05, 0) is 45.7 Å². The lowest BCUT2D eigenvalue weighted by atomic mass is 10.1. The van der Waals surface area contributed by atoms with Crippen LogP contribution in [0, 0.1) is 0 Å². The second-order valence-corrected chi connectivity index (χ2v) is 6.60. The molecular formula is C16H26N4O2. The van der Waals surface area contributed by atoms with Crippen molar-refractivity contribution in [1.82, 2.24) is 20.4 Å². The number of hydrogen-bond donors (Lipinski definition) is 1. The van der Waals surface area contributed by atoms with Crippen LogP contribution in [0.4, 0.5) is 0 Å². The summed E-state index contributed by atoms with van der Waals surface area (Å²) in [4.78, 5) is 18.9. The third-order valence-electron chi connectivity index (χ3n) is 4.46. The Hall–Kier alpha value is -1.43. The molecule has 6 heteroatoms. The normalized spacial score (nSPS) is 21.9. The molecule has 1 aliphatic carbocycles. The fourth-order valence-electron chi connectivity index (χ4n) is 2.95. The number of amides is 1. The molecule has 1 atom stereocenters. The fraction of sp³-hybridized carbons (Fsp3) is 0.812. The molecule has 1 aromatic heterocycles. The van der Waals surface area contributed by atoms with Crippen molar-refractivity contribution in [2.75, 3.05) is 19.6 Å². The number of nitrogens with zero attached hydrogens (tertiary/aromatic N) is 3. The van der Waals surface area contributed by atoms with Crippen LogP contribution in [0.1, 0.15) is 75.5 Å². The number of nitrogens with one attached hydrogen (secondary N) is 1. The highest BCUT2D eigenvalue weighted by Gasteiger charge is 2.29. The molecule has 0 unspecified atom stereocenters. The summed E-state index contributed by atoms with van der Waals surface area (Å²) in [5.74, 6) is 1.82. The maximum Gasteiger partial charge on any atom is 0.248 e. The third kappa shape index (κ3) is 4.29. The highest BCUT2D eigenvalue weighted by molar-refractivity contribution is 5.78. The summed E-state index contributed by atoms with van der Waals surface area (Å²) in [6, 6.07) is -0.220. The Morgan fingerprint density at radius 1 is 1.27 bits per heavy atom. The van der Waals surface area contributed by atoms with E-state index >= 15 is 0 Å². The monoisotopic (exact) mass is 306 g/mol. The molecular weight excluding hydrogens is 280 g/mol. The van der Waals surface area contributed by atoms with Crippen molar-refractivity contribution in [3.05, 3.63) is 11.7 Å². The third-order valence-corrected chi connectivity index (χ3v) is 4.46. The molecule has 6 nitrogen and oxygen atoms in total. The van der Waals surface area contributed by atoms with Gasteiger partial charge in [-0.2, -0.15) is 4.98 Å². The molecule has 1 amide bonds. The van der Waals surface area contributed by atoms with Crippen LogP contribution in [0.15, 0.2) is 4.52 Å². The molecule has 1 aromatic rings. The summed E-state index contributed by atoms with van der Waals surface area (Å²) < 4.78 is 5.27. The molecule has 122 valence electrons. The second-order valence-electron chi connectivity index (χ2n) is 6.60. The lowest BCUT2D eigenvalue weighted by Crippen LogP contribution is -2.39. The summed E-state index contributed by atoms with van der Waals surface area (Å²) in [6.45, 7) is 4.41. The van der Waals surface area contributed by atoms with Gasteiger partial charge in [0.2, 0.25) is 11.8 Å². The Bertz CT molecular complexity index is 490. The van der Waals surface area contributed by atoms with Gasteiger partial charge in [-0.25, -0.2) is 0 Å². The largest absolute Gasteiger partial charge is 0.343 e. The molecule has 1 saturated carbocycles. The topological polar surface area (TPSA) is 71.3 Å². The minimum absolute atomic E-state index is 0.0410. The molecule has 1 N–H and O–H groups in total. The van der Waals surface area contributed by atoms with Gasteiger partial charge in [0.15, 0.2) is 5.82 Å². The van der Waals surface area contributed by atoms with E-state index in [1.54, 1.807) is 0 Å². The molecule has 0 bridgehead atoms. The standard InChI is InChI=1S/C16H26N4O2/c1-12(16-18-15(19-22-16)13-7-8-13)17-14(21)11-20-9-5-3-2-4-6-10-20/h12-13H,2-11H2,1H3,(H,17,21)/t12-/m0/s1. The number of hydrogen-bond acceptors (Lipinski definition) is 5. The SMILES string of the molecule is C[C@H](NC(=O)CN1CCCCCCC1)c1nc(C2CC2)no1. The van der Waals surface area contributed by atoms with Crippen LogP contribution in [0.5, 0.6) is 0 Å². The van der Waals surface area contributed by atoms with Gasteiger partial charge >= 0.3 is 0 Å². The average Bonchev–Trinajstić information content (AvgIpc) is 3.19. The highest BCUT2D eigenvalue weighted by atomic mass is 16.5. The van der Waals surface area contributed by atoms with Crippen LogP contribution in [-0.2, 0) is 4.79 Å². The van der Waals surface area contributed by atoms with Crippen LogP contribution < -0.4 is 5.32 Å². The second kappa shape index (κ2) is 7.22. The number of likely N-dealkylation sites (tertiary alicyclic amines) is 1. The minimum atomic E-state index is -0.220. The Morgan fingerprint density at radius 2 is 1.95 bits per heavy atom. The van der Waals surface area contributed by atoms with Crippen LogP contribution in [-0.4, -0.2) is 40.6 Å². The van der Waals surface area contributed by atoms with Gasteiger partial charge in [0, 0.05) is 5.92 Å². The van der Waals surface area contributed by atoms with E-state index in [9.17, 15) is 4.79 Å². The maximum atomic E-state index is 12.2. The van der Waals surface area contributed by atoms with E-state index in [2.05, 4.69) is 20.4 Å². The maximum absolute atomic E-state index is 12.2. The zero-order chi connectivity index (χ0) is 15.4. The summed E-state index contributed by atoms with van der Waals surface area (Å²) in [5.41, 5.74) is 0. The first-order valence-electron chi connectivity index (χ1n) is 8.57. The molecule has 22 heavy (non-hydrogen) atoms. The van der Waals surface area contributed by atoms with E-state index in [4.69, 9.17) is 4.52 Å². The molecule has 0 radical (unpaired) electrons. The first-order valence-corrected chi connectivity index (χ1v) is 8.57. The quantitative estimate of drug-likeness (QED) is 0.904. The Morgan fingerprint density at radius 3 is 2.64 bits per heavy atom. The smallest absolute Gasteiger partial charge is 0.248 e. The number of aromatic nitrogens is 2. The highest BCUT2D eigenvalue weighted by Crippen LogP contribution is 2.38. The van der Waals surface area contributed by atoms with Crippen molar-refractivity contribution in [3.8, 4) is 0 Å². The van der Waals surface area contributed by atoms with Gasteiger partial charge in [0.1, 0.15) is 6.04 Å². The van der Waals surface area contributed by atoms with E-state index in [-0.39, 0.29) is 11.9 Å². The van der Waals surface area contributed by atoms with E-state index in [1.807, 2.05) is 6.92 Å². The number of carbonyl (C=O) groups excluding carboxylic acids is 1. The molecule has 0 aromatic carbocycles. The number of rotatable bonds is 5. The minimum Gasteiger partial charge on any atom is -0.343 e. The van der Waals surface area contributed by atoms with Crippen LogP contribution >= 0.6 is 0 Å².